The highest BCUT2D eigenvalue weighted by atomic mass is 16.1. The quantitative estimate of drug-likeness (QED) is 0.554. The largest absolute Gasteiger partial charge is 0.384 e. The smallest absolute Gasteiger partial charge is 0.250 e. The number of carbonyl (C=O) groups excluding carboxylic acids is 2. The number of hydrogen-bond donors (Lipinski definition) is 2. The second-order valence-electron chi connectivity index (χ2n) is 6.44. The Morgan fingerprint density at radius 2 is 1.65 bits per heavy atom. The first-order valence-electron chi connectivity index (χ1n) is 8.74. The lowest BCUT2D eigenvalue weighted by atomic mass is 9.83. The number of ketones is 2. The number of H-pyrrole nitrogens is 1. The van der Waals surface area contributed by atoms with E-state index in [1.165, 1.54) is 6.07 Å². The molecule has 0 atom stereocenters. The van der Waals surface area contributed by atoms with Crippen molar-refractivity contribution in [2.24, 2.45) is 0 Å². The van der Waals surface area contributed by atoms with E-state index in [9.17, 15) is 14.4 Å². The molecule has 0 saturated carbocycles. The van der Waals surface area contributed by atoms with Crippen molar-refractivity contribution < 1.29 is 9.59 Å². The van der Waals surface area contributed by atoms with Gasteiger partial charge in [-0.15, -0.1) is 0 Å². The normalized spacial score (nSPS) is 12.8. The summed E-state index contributed by atoms with van der Waals surface area (Å²) >= 11 is 0. The highest BCUT2D eigenvalue weighted by Crippen LogP contribution is 2.33. The number of fused-ring (bicyclic) bond motifs is 4. The van der Waals surface area contributed by atoms with E-state index < -0.39 is 0 Å². The maximum absolute atomic E-state index is 13.1. The van der Waals surface area contributed by atoms with Gasteiger partial charge in [0.1, 0.15) is 0 Å². The lowest BCUT2D eigenvalue weighted by Crippen LogP contribution is -2.22. The Labute approximate surface area is 150 Å². The zero-order valence-corrected chi connectivity index (χ0v) is 14.4. The van der Waals surface area contributed by atoms with Gasteiger partial charge in [0.25, 0.3) is 0 Å². The summed E-state index contributed by atoms with van der Waals surface area (Å²) in [6.07, 6.45) is 2.01. The van der Waals surface area contributed by atoms with Crippen molar-refractivity contribution in [3.8, 4) is 0 Å². The number of rotatable bonds is 4. The molecule has 0 amide bonds. The molecule has 1 aliphatic carbocycles. The topological polar surface area (TPSA) is 79.0 Å². The maximum Gasteiger partial charge on any atom is 0.250 e. The minimum Gasteiger partial charge on any atom is -0.384 e. The number of benzene rings is 2. The summed E-state index contributed by atoms with van der Waals surface area (Å²) in [6, 6.07) is 11.8. The van der Waals surface area contributed by atoms with Crippen molar-refractivity contribution in [2.45, 2.75) is 19.8 Å². The molecule has 2 aromatic carbocycles. The molecule has 3 aromatic rings. The van der Waals surface area contributed by atoms with Gasteiger partial charge in [0.15, 0.2) is 11.6 Å². The molecule has 0 aliphatic heterocycles. The molecule has 5 heteroatoms. The van der Waals surface area contributed by atoms with Crippen LogP contribution in [0.4, 0.5) is 5.69 Å². The standard InChI is InChI=1S/C21H18N2O3/c1-2-3-10-22-16-11-17(24)23-19-14(16)8-9-15-18(19)21(26)13-7-5-4-6-12(13)20(15)25/h4-9,11H,2-3,10H2,1H3,(H2,22,23,24). The van der Waals surface area contributed by atoms with Crippen molar-refractivity contribution in [2.75, 3.05) is 11.9 Å². The molecule has 0 unspecified atom stereocenters. The highest BCUT2D eigenvalue weighted by Gasteiger charge is 2.31. The van der Waals surface area contributed by atoms with Crippen LogP contribution in [0.3, 0.4) is 0 Å². The molecule has 5 nitrogen and oxygen atoms in total. The van der Waals surface area contributed by atoms with Crippen molar-refractivity contribution in [3.63, 3.8) is 0 Å². The molecule has 0 bridgehead atoms. The Hall–Kier alpha value is -3.21. The van der Waals surface area contributed by atoms with Gasteiger partial charge in [0.2, 0.25) is 5.56 Å². The lowest BCUT2D eigenvalue weighted by molar-refractivity contribution is 0.0980. The molecule has 1 aliphatic rings. The Kier molecular flexibility index (Phi) is 3.92. The van der Waals surface area contributed by atoms with Crippen molar-refractivity contribution >= 4 is 28.2 Å². The first kappa shape index (κ1) is 16.3. The molecular weight excluding hydrogens is 328 g/mol. The van der Waals surface area contributed by atoms with Crippen LogP contribution in [-0.4, -0.2) is 23.1 Å². The van der Waals surface area contributed by atoms with E-state index in [4.69, 9.17) is 0 Å². The van der Waals surface area contributed by atoms with E-state index in [-0.39, 0.29) is 22.7 Å². The number of anilines is 1. The number of nitrogens with one attached hydrogen (secondary N) is 2. The van der Waals surface area contributed by atoms with Crippen LogP contribution in [0.15, 0.2) is 47.3 Å². The van der Waals surface area contributed by atoms with Gasteiger partial charge in [-0.05, 0) is 12.5 Å². The first-order valence-corrected chi connectivity index (χ1v) is 8.74. The van der Waals surface area contributed by atoms with E-state index in [1.54, 1.807) is 36.4 Å². The van der Waals surface area contributed by atoms with E-state index in [0.717, 1.165) is 24.8 Å². The van der Waals surface area contributed by atoms with Gasteiger partial charge in [-0.1, -0.05) is 43.7 Å². The first-order chi connectivity index (χ1) is 12.6. The molecule has 130 valence electrons. The third-order valence-corrected chi connectivity index (χ3v) is 4.75. The van der Waals surface area contributed by atoms with Crippen LogP contribution < -0.4 is 10.9 Å². The van der Waals surface area contributed by atoms with Gasteiger partial charge < -0.3 is 10.3 Å². The average Bonchev–Trinajstić information content (AvgIpc) is 2.65. The average molecular weight is 346 g/mol. The molecule has 0 fully saturated rings. The third kappa shape index (κ3) is 2.44. The van der Waals surface area contributed by atoms with Gasteiger partial charge in [-0.2, -0.15) is 0 Å². The molecule has 1 aromatic heterocycles. The molecule has 26 heavy (non-hydrogen) atoms. The zero-order valence-electron chi connectivity index (χ0n) is 14.4. The fourth-order valence-corrected chi connectivity index (χ4v) is 3.46. The zero-order chi connectivity index (χ0) is 18.3. The predicted octanol–water partition coefficient (Wildman–Crippen LogP) is 3.52. The molecule has 0 saturated heterocycles. The van der Waals surface area contributed by atoms with Gasteiger partial charge in [-0.25, -0.2) is 0 Å². The maximum atomic E-state index is 13.1. The SMILES string of the molecule is CCCCNc1cc(=O)[nH]c2c3c(ccc12)C(=O)c1ccccc1C3=O. The van der Waals surface area contributed by atoms with Crippen molar-refractivity contribution in [1.29, 1.82) is 0 Å². The van der Waals surface area contributed by atoms with Crippen LogP contribution in [0, 0.1) is 0 Å². The second kappa shape index (κ2) is 6.26. The summed E-state index contributed by atoms with van der Waals surface area (Å²) in [5.74, 6) is -0.426. The number of aromatic amines is 1. The molecule has 4 rings (SSSR count). The summed E-state index contributed by atoms with van der Waals surface area (Å²) in [5.41, 5.74) is 2.20. The van der Waals surface area contributed by atoms with Gasteiger partial charge in [0.05, 0.1) is 11.1 Å². The summed E-state index contributed by atoms with van der Waals surface area (Å²) in [4.78, 5) is 40.8. The Balaban J connectivity index is 1.96. The fraction of sp³-hybridized carbons (Fsp3) is 0.190. The Morgan fingerprint density at radius 1 is 0.923 bits per heavy atom. The van der Waals surface area contributed by atoms with Gasteiger partial charge >= 0.3 is 0 Å². The number of pyridine rings is 1. The van der Waals surface area contributed by atoms with Crippen LogP contribution in [0.25, 0.3) is 10.9 Å². The van der Waals surface area contributed by atoms with E-state index in [2.05, 4.69) is 17.2 Å². The van der Waals surface area contributed by atoms with Crippen molar-refractivity contribution in [1.82, 2.24) is 4.98 Å². The summed E-state index contributed by atoms with van der Waals surface area (Å²) in [7, 11) is 0. The number of aromatic nitrogens is 1. The monoisotopic (exact) mass is 346 g/mol. The number of hydrogen-bond acceptors (Lipinski definition) is 4. The Morgan fingerprint density at radius 3 is 2.38 bits per heavy atom. The minimum atomic E-state index is -0.302. The van der Waals surface area contributed by atoms with Crippen LogP contribution in [0.1, 0.15) is 51.6 Å². The van der Waals surface area contributed by atoms with E-state index in [0.29, 0.717) is 27.9 Å². The molecule has 0 spiro atoms. The van der Waals surface area contributed by atoms with Crippen molar-refractivity contribution in [3.05, 3.63) is 75.1 Å². The van der Waals surface area contributed by atoms with E-state index in [1.807, 2.05) is 0 Å². The predicted molar refractivity (Wildman–Crippen MR) is 101 cm³/mol. The van der Waals surface area contributed by atoms with Crippen LogP contribution in [-0.2, 0) is 0 Å². The number of unbranched alkanes of at least 4 members (excludes halogenated alkanes) is 1. The molecule has 2 N–H and O–H groups in total. The van der Waals surface area contributed by atoms with Gasteiger partial charge in [0, 0.05) is 40.4 Å². The van der Waals surface area contributed by atoms with Crippen LogP contribution in [0.2, 0.25) is 0 Å². The Bertz CT molecular complexity index is 1110. The van der Waals surface area contributed by atoms with Crippen LogP contribution >= 0.6 is 0 Å². The summed E-state index contributed by atoms with van der Waals surface area (Å²) < 4.78 is 0. The summed E-state index contributed by atoms with van der Waals surface area (Å²) in [5, 5.41) is 4.00. The molecule has 1 heterocycles. The summed E-state index contributed by atoms with van der Waals surface area (Å²) in [6.45, 7) is 2.83. The molecule has 0 radical (unpaired) electrons. The minimum absolute atomic E-state index is 0.192. The molecular formula is C21H18N2O3. The van der Waals surface area contributed by atoms with Gasteiger partial charge in [-0.3, -0.25) is 14.4 Å². The van der Waals surface area contributed by atoms with E-state index >= 15 is 0 Å². The second-order valence-corrected chi connectivity index (χ2v) is 6.44. The van der Waals surface area contributed by atoms with Crippen LogP contribution in [0.5, 0.6) is 0 Å². The fourth-order valence-electron chi connectivity index (χ4n) is 3.46. The highest BCUT2D eigenvalue weighted by molar-refractivity contribution is 6.32. The third-order valence-electron chi connectivity index (χ3n) is 4.75. The lowest BCUT2D eigenvalue weighted by Gasteiger charge is -2.19. The number of carbonyl (C=O) groups is 2.